The molecule has 0 aliphatic carbocycles. The zero-order valence-corrected chi connectivity index (χ0v) is 16.6. The molecule has 9 heteroatoms. The minimum Gasteiger partial charge on any atom is -0.545 e. The normalized spacial score (nSPS) is 16.8. The topological polar surface area (TPSA) is 111 Å². The molecule has 0 aromatic heterocycles. The molecule has 1 N–H and O–H groups in total. The lowest BCUT2D eigenvalue weighted by Gasteiger charge is -2.16. The highest BCUT2D eigenvalue weighted by atomic mass is 32.2. The largest absolute Gasteiger partial charge is 0.545 e. The second-order valence-electron chi connectivity index (χ2n) is 6.10. The minimum absolute atomic E-state index is 0.0184. The van der Waals surface area contributed by atoms with Gasteiger partial charge in [-0.1, -0.05) is 30.0 Å². The van der Waals surface area contributed by atoms with Gasteiger partial charge in [0.25, 0.3) is 0 Å². The molecule has 0 bridgehead atoms. The molecule has 0 unspecified atom stereocenters. The summed E-state index contributed by atoms with van der Waals surface area (Å²) in [6.07, 6.45) is 0.0184. The lowest BCUT2D eigenvalue weighted by Crippen LogP contribution is -2.32. The minimum atomic E-state index is -1.32. The molecule has 29 heavy (non-hydrogen) atoms. The Morgan fingerprint density at radius 1 is 1.24 bits per heavy atom. The van der Waals surface area contributed by atoms with Crippen molar-refractivity contribution >= 4 is 46.1 Å². The van der Waals surface area contributed by atoms with Crippen LogP contribution in [0.1, 0.15) is 16.8 Å². The van der Waals surface area contributed by atoms with Crippen molar-refractivity contribution in [3.05, 3.63) is 54.1 Å². The number of anilines is 2. The standard InChI is InChI=1S/C20H19N3O5S/c1-21-20(22-13-4-3-5-15(10-13)28-2)29-16-11-17(24)23(18(16)25)14-8-6-12(7-9-14)19(26)27/h3-10,16H,11H2,1-2H3,(H,21,22)(H,26,27)/p-1/t16-/m0/s1. The molecule has 0 spiro atoms. The van der Waals surface area contributed by atoms with E-state index in [4.69, 9.17) is 4.74 Å². The second-order valence-corrected chi connectivity index (χ2v) is 7.29. The third-order valence-corrected chi connectivity index (χ3v) is 5.41. The van der Waals surface area contributed by atoms with Crippen LogP contribution in [0.25, 0.3) is 0 Å². The molecule has 150 valence electrons. The number of amides is 2. The van der Waals surface area contributed by atoms with E-state index in [1.165, 1.54) is 24.3 Å². The van der Waals surface area contributed by atoms with Gasteiger partial charge in [-0.15, -0.1) is 0 Å². The van der Waals surface area contributed by atoms with Gasteiger partial charge in [-0.25, -0.2) is 4.90 Å². The van der Waals surface area contributed by atoms with Crippen molar-refractivity contribution in [1.82, 2.24) is 0 Å². The summed E-state index contributed by atoms with van der Waals surface area (Å²) in [6, 6.07) is 12.7. The Morgan fingerprint density at radius 2 is 1.97 bits per heavy atom. The molecular formula is C20H18N3O5S-. The summed E-state index contributed by atoms with van der Waals surface area (Å²) in [5.41, 5.74) is 1.04. The molecule has 8 nitrogen and oxygen atoms in total. The number of imide groups is 1. The van der Waals surface area contributed by atoms with E-state index in [9.17, 15) is 19.5 Å². The number of carboxylic acids is 1. The number of methoxy groups -OCH3 is 1. The van der Waals surface area contributed by atoms with Crippen molar-refractivity contribution in [3.63, 3.8) is 0 Å². The lowest BCUT2D eigenvalue weighted by molar-refractivity contribution is -0.255. The van der Waals surface area contributed by atoms with E-state index in [0.717, 1.165) is 22.3 Å². The number of nitrogens with zero attached hydrogens (tertiary/aromatic N) is 2. The summed E-state index contributed by atoms with van der Waals surface area (Å²) in [5, 5.41) is 13.8. The third-order valence-electron chi connectivity index (χ3n) is 4.24. The van der Waals surface area contributed by atoms with Crippen molar-refractivity contribution in [2.24, 2.45) is 4.99 Å². The van der Waals surface area contributed by atoms with E-state index in [1.54, 1.807) is 20.2 Å². The molecule has 1 aliphatic heterocycles. The first-order valence-corrected chi connectivity index (χ1v) is 9.53. The second kappa shape index (κ2) is 8.78. The van der Waals surface area contributed by atoms with Crippen molar-refractivity contribution < 1.29 is 24.2 Å². The monoisotopic (exact) mass is 412 g/mol. The average molecular weight is 412 g/mol. The van der Waals surface area contributed by atoms with Crippen LogP contribution in [0.2, 0.25) is 0 Å². The van der Waals surface area contributed by atoms with Crippen molar-refractivity contribution in [1.29, 1.82) is 0 Å². The van der Waals surface area contributed by atoms with Gasteiger partial charge >= 0.3 is 0 Å². The van der Waals surface area contributed by atoms with E-state index < -0.39 is 11.2 Å². The third kappa shape index (κ3) is 4.57. The number of aliphatic imine (C=N–C) groups is 1. The molecule has 1 atom stereocenters. The molecule has 1 fully saturated rings. The van der Waals surface area contributed by atoms with Crippen molar-refractivity contribution in [2.45, 2.75) is 11.7 Å². The highest BCUT2D eigenvalue weighted by Gasteiger charge is 2.40. The Balaban J connectivity index is 1.72. The van der Waals surface area contributed by atoms with Crippen molar-refractivity contribution in [3.8, 4) is 5.75 Å². The average Bonchev–Trinajstić information content (AvgIpc) is 3.00. The first-order chi connectivity index (χ1) is 13.9. The number of rotatable bonds is 5. The molecule has 1 heterocycles. The molecule has 0 saturated carbocycles. The molecule has 2 aromatic rings. The van der Waals surface area contributed by atoms with Crippen LogP contribution in [0.5, 0.6) is 5.75 Å². The first kappa shape index (κ1) is 20.4. The van der Waals surface area contributed by atoms with Gasteiger partial charge in [-0.3, -0.25) is 14.6 Å². The number of hydrogen-bond donors (Lipinski definition) is 1. The molecule has 0 radical (unpaired) electrons. The quantitative estimate of drug-likeness (QED) is 0.450. The number of carbonyl (C=O) groups excluding carboxylic acids is 3. The summed E-state index contributed by atoms with van der Waals surface area (Å²) in [6.45, 7) is 0. The number of carbonyl (C=O) groups is 3. The molecular weight excluding hydrogens is 394 g/mol. The van der Waals surface area contributed by atoms with E-state index in [1.807, 2.05) is 18.2 Å². The molecule has 3 rings (SSSR count). The predicted molar refractivity (Wildman–Crippen MR) is 109 cm³/mol. The van der Waals surface area contributed by atoms with Crippen LogP contribution in [0.3, 0.4) is 0 Å². The number of amidine groups is 1. The van der Waals surface area contributed by atoms with Crippen LogP contribution in [-0.4, -0.2) is 42.4 Å². The molecule has 2 amide bonds. The van der Waals surface area contributed by atoms with E-state index in [-0.39, 0.29) is 23.8 Å². The fraction of sp³-hybridized carbons (Fsp3) is 0.200. The maximum absolute atomic E-state index is 12.8. The SMILES string of the molecule is CN=C(Nc1cccc(OC)c1)S[C@H]1CC(=O)N(c2ccc(C(=O)[O-])cc2)C1=O. The van der Waals surface area contributed by atoms with Gasteiger partial charge in [0, 0.05) is 25.2 Å². The van der Waals surface area contributed by atoms with Gasteiger partial charge in [0.05, 0.1) is 18.8 Å². The molecule has 1 saturated heterocycles. The number of ether oxygens (including phenoxy) is 1. The van der Waals surface area contributed by atoms with Crippen LogP contribution < -0.4 is 20.1 Å². The fourth-order valence-electron chi connectivity index (χ4n) is 2.81. The first-order valence-electron chi connectivity index (χ1n) is 8.65. The van der Waals surface area contributed by atoms with Gasteiger partial charge in [-0.2, -0.15) is 0 Å². The number of nitrogens with one attached hydrogen (secondary N) is 1. The Kier molecular flexibility index (Phi) is 6.18. The Morgan fingerprint density at radius 3 is 2.59 bits per heavy atom. The zero-order chi connectivity index (χ0) is 21.0. The smallest absolute Gasteiger partial charge is 0.247 e. The lowest BCUT2D eigenvalue weighted by atomic mass is 10.2. The number of hydrogen-bond acceptors (Lipinski definition) is 7. The molecule has 2 aromatic carbocycles. The summed E-state index contributed by atoms with van der Waals surface area (Å²) in [4.78, 5) is 41.3. The predicted octanol–water partition coefficient (Wildman–Crippen LogP) is 1.52. The van der Waals surface area contributed by atoms with Crippen LogP contribution in [-0.2, 0) is 9.59 Å². The van der Waals surface area contributed by atoms with Gasteiger partial charge in [-0.05, 0) is 29.8 Å². The number of benzene rings is 2. The Labute approximate surface area is 171 Å². The Bertz CT molecular complexity index is 974. The van der Waals surface area contributed by atoms with Gasteiger partial charge in [0.2, 0.25) is 11.8 Å². The maximum atomic E-state index is 12.8. The van der Waals surface area contributed by atoms with Gasteiger partial charge < -0.3 is 20.0 Å². The van der Waals surface area contributed by atoms with Crippen LogP contribution in [0, 0.1) is 0 Å². The van der Waals surface area contributed by atoms with Crippen LogP contribution in [0.4, 0.5) is 11.4 Å². The summed E-state index contributed by atoms with van der Waals surface area (Å²) >= 11 is 1.16. The Hall–Kier alpha value is -3.33. The van der Waals surface area contributed by atoms with E-state index in [2.05, 4.69) is 10.3 Å². The van der Waals surface area contributed by atoms with Gasteiger partial charge in [0.1, 0.15) is 11.0 Å². The van der Waals surface area contributed by atoms with E-state index in [0.29, 0.717) is 16.6 Å². The summed E-state index contributed by atoms with van der Waals surface area (Å²) in [7, 11) is 3.16. The summed E-state index contributed by atoms with van der Waals surface area (Å²) in [5.74, 6) is -1.38. The fourth-order valence-corrected chi connectivity index (χ4v) is 3.79. The highest BCUT2D eigenvalue weighted by Crippen LogP contribution is 2.31. The number of carboxylic acid groups (broad SMARTS) is 1. The summed E-state index contributed by atoms with van der Waals surface area (Å²) < 4.78 is 5.19. The number of thioether (sulfide) groups is 1. The number of aromatic carboxylic acids is 1. The molecule has 1 aliphatic rings. The van der Waals surface area contributed by atoms with Crippen LogP contribution in [0.15, 0.2) is 53.5 Å². The maximum Gasteiger partial charge on any atom is 0.247 e. The van der Waals surface area contributed by atoms with E-state index >= 15 is 0 Å². The van der Waals surface area contributed by atoms with Crippen molar-refractivity contribution in [2.75, 3.05) is 24.4 Å². The highest BCUT2D eigenvalue weighted by molar-refractivity contribution is 8.15. The van der Waals surface area contributed by atoms with Crippen LogP contribution >= 0.6 is 11.8 Å². The zero-order valence-electron chi connectivity index (χ0n) is 15.7. The van der Waals surface area contributed by atoms with Gasteiger partial charge in [0.15, 0.2) is 5.17 Å².